The Morgan fingerprint density at radius 1 is 1.24 bits per heavy atom. The number of aromatic nitrogens is 4. The number of benzene rings is 1. The second kappa shape index (κ2) is 9.10. The lowest BCUT2D eigenvalue weighted by Gasteiger charge is -2.29. The molecule has 0 amide bonds. The summed E-state index contributed by atoms with van der Waals surface area (Å²) in [5, 5.41) is 8.97. The Morgan fingerprint density at radius 2 is 1.94 bits per heavy atom. The van der Waals surface area contributed by atoms with Crippen LogP contribution in [0.3, 0.4) is 0 Å². The first kappa shape index (κ1) is 23.8. The molecule has 0 unspecified atom stereocenters. The van der Waals surface area contributed by atoms with Gasteiger partial charge in [-0.2, -0.15) is 16.1 Å². The summed E-state index contributed by atoms with van der Waals surface area (Å²) in [4.78, 5) is 9.90. The molecule has 0 saturated carbocycles. The van der Waals surface area contributed by atoms with Crippen LogP contribution in [-0.2, 0) is 37.7 Å². The topological polar surface area (TPSA) is 109 Å². The average Bonchev–Trinajstić information content (AvgIpc) is 3.33. The minimum atomic E-state index is 0.253. The van der Waals surface area contributed by atoms with Crippen LogP contribution in [-0.4, -0.2) is 25.5 Å². The van der Waals surface area contributed by atoms with E-state index in [0.29, 0.717) is 23.1 Å². The molecule has 180 valence electrons. The third-order valence-electron chi connectivity index (χ3n) is 6.80. The molecule has 4 N–H and O–H groups in total. The zero-order valence-corrected chi connectivity index (χ0v) is 20.9. The Bertz CT molecular complexity index is 1240. The normalized spacial score (nSPS) is 15.3. The largest absolute Gasteiger partial charge is 0.389 e. The van der Waals surface area contributed by atoms with Crippen LogP contribution in [0.1, 0.15) is 59.5 Å². The molecule has 4 rings (SSSR count). The Balaban J connectivity index is 1.58. The van der Waals surface area contributed by atoms with E-state index >= 15 is 0 Å². The summed E-state index contributed by atoms with van der Waals surface area (Å²) in [6.07, 6.45) is 5.74. The second-order valence-corrected chi connectivity index (χ2v) is 10.1. The Labute approximate surface area is 201 Å². The van der Waals surface area contributed by atoms with E-state index in [2.05, 4.69) is 56.5 Å². The summed E-state index contributed by atoms with van der Waals surface area (Å²) in [6, 6.07) is 6.02. The van der Waals surface area contributed by atoms with Gasteiger partial charge in [0.15, 0.2) is 5.69 Å². The standard InChI is InChI=1S/C26H35N7O/c1-16-13-19(14-17(2)20(16)8-11-33-12-9-23(27)30-33)18(3)29-25(34-28)24-21-7-10-26(4,5)15-22(21)32(6)31-24/h9,12-14H,3,7-8,10-11,15,28H2,1-2,4-6H3,(H2,27,30)/b29-25-. The fourth-order valence-electron chi connectivity index (χ4n) is 4.87. The zero-order chi connectivity index (χ0) is 24.6. The maximum atomic E-state index is 5.73. The van der Waals surface area contributed by atoms with Crippen molar-refractivity contribution in [2.24, 2.45) is 23.4 Å². The smallest absolute Gasteiger partial charge is 0.266 e. The van der Waals surface area contributed by atoms with Crippen LogP contribution in [0.5, 0.6) is 0 Å². The highest BCUT2D eigenvalue weighted by molar-refractivity contribution is 5.97. The average molecular weight is 462 g/mol. The molecule has 1 aliphatic rings. The van der Waals surface area contributed by atoms with Crippen molar-refractivity contribution in [3.8, 4) is 0 Å². The van der Waals surface area contributed by atoms with E-state index in [4.69, 9.17) is 21.6 Å². The van der Waals surface area contributed by atoms with Gasteiger partial charge < -0.3 is 10.6 Å². The van der Waals surface area contributed by atoms with Crippen molar-refractivity contribution in [1.82, 2.24) is 19.6 Å². The molecule has 1 aliphatic carbocycles. The van der Waals surface area contributed by atoms with Gasteiger partial charge in [-0.05, 0) is 79.8 Å². The van der Waals surface area contributed by atoms with E-state index < -0.39 is 0 Å². The molecule has 2 aromatic heterocycles. The fourth-order valence-corrected chi connectivity index (χ4v) is 4.87. The third kappa shape index (κ3) is 4.77. The fraction of sp³-hybridized carbons (Fsp3) is 0.423. The maximum Gasteiger partial charge on any atom is 0.266 e. The van der Waals surface area contributed by atoms with E-state index in [1.165, 1.54) is 27.9 Å². The van der Waals surface area contributed by atoms with Crippen LogP contribution in [0.2, 0.25) is 0 Å². The van der Waals surface area contributed by atoms with Gasteiger partial charge in [0.05, 0.1) is 5.70 Å². The number of hydrogen-bond donors (Lipinski definition) is 2. The quantitative estimate of drug-likeness (QED) is 0.329. The first-order valence-corrected chi connectivity index (χ1v) is 11.7. The summed E-state index contributed by atoms with van der Waals surface area (Å²) in [5.74, 6) is 6.51. The minimum Gasteiger partial charge on any atom is -0.389 e. The van der Waals surface area contributed by atoms with Crippen molar-refractivity contribution < 1.29 is 4.84 Å². The van der Waals surface area contributed by atoms with Crippen molar-refractivity contribution in [3.63, 3.8) is 0 Å². The second-order valence-electron chi connectivity index (χ2n) is 10.1. The molecule has 0 fully saturated rings. The molecule has 3 aromatic rings. The van der Waals surface area contributed by atoms with Crippen LogP contribution in [0.25, 0.3) is 5.70 Å². The number of hydrogen-bond acceptors (Lipinski definition) is 6. The van der Waals surface area contributed by atoms with Crippen molar-refractivity contribution in [3.05, 3.63) is 70.2 Å². The molecule has 0 radical (unpaired) electrons. The van der Waals surface area contributed by atoms with Gasteiger partial charge in [0.2, 0.25) is 0 Å². The molecule has 0 atom stereocenters. The number of nitrogens with two attached hydrogens (primary N) is 2. The molecule has 0 spiro atoms. The molecule has 34 heavy (non-hydrogen) atoms. The van der Waals surface area contributed by atoms with Gasteiger partial charge >= 0.3 is 0 Å². The molecule has 0 saturated heterocycles. The van der Waals surface area contributed by atoms with Crippen molar-refractivity contribution in [2.45, 2.75) is 59.9 Å². The van der Waals surface area contributed by atoms with E-state index in [1.54, 1.807) is 0 Å². The Hall–Kier alpha value is -3.39. The third-order valence-corrected chi connectivity index (χ3v) is 6.80. The molecule has 8 heteroatoms. The highest BCUT2D eigenvalue weighted by Gasteiger charge is 2.32. The van der Waals surface area contributed by atoms with Gasteiger partial charge in [0.1, 0.15) is 5.82 Å². The SMILES string of the molecule is C=C(/N=C(\ON)c1nn(C)c2c1CCC(C)(C)C2)c1cc(C)c(CCn2ccc(N)n2)c(C)c1. The lowest BCUT2D eigenvalue weighted by molar-refractivity contribution is 0.305. The minimum absolute atomic E-state index is 0.253. The first-order valence-electron chi connectivity index (χ1n) is 11.7. The van der Waals surface area contributed by atoms with Gasteiger partial charge in [0.25, 0.3) is 5.90 Å². The molecule has 0 bridgehead atoms. The molecule has 8 nitrogen and oxygen atoms in total. The molecule has 2 heterocycles. The first-order chi connectivity index (χ1) is 16.1. The number of fused-ring (bicyclic) bond motifs is 1. The van der Waals surface area contributed by atoms with Crippen molar-refractivity contribution in [2.75, 3.05) is 5.73 Å². The predicted molar refractivity (Wildman–Crippen MR) is 136 cm³/mol. The van der Waals surface area contributed by atoms with Crippen LogP contribution in [0.15, 0.2) is 36.0 Å². The Kier molecular flexibility index (Phi) is 6.36. The monoisotopic (exact) mass is 461 g/mol. The number of nitrogens with zero attached hydrogens (tertiary/aromatic N) is 5. The number of anilines is 1. The lowest BCUT2D eigenvalue weighted by atomic mass is 9.76. The summed E-state index contributed by atoms with van der Waals surface area (Å²) < 4.78 is 3.80. The van der Waals surface area contributed by atoms with Crippen LogP contribution >= 0.6 is 0 Å². The van der Waals surface area contributed by atoms with E-state index in [0.717, 1.165) is 37.8 Å². The Morgan fingerprint density at radius 3 is 2.56 bits per heavy atom. The van der Waals surface area contributed by atoms with E-state index in [9.17, 15) is 0 Å². The van der Waals surface area contributed by atoms with Crippen LogP contribution < -0.4 is 11.6 Å². The highest BCUT2D eigenvalue weighted by Crippen LogP contribution is 2.36. The van der Waals surface area contributed by atoms with Crippen molar-refractivity contribution >= 4 is 17.4 Å². The molecule has 0 aliphatic heterocycles. The van der Waals surface area contributed by atoms with Gasteiger partial charge in [0, 0.05) is 36.6 Å². The highest BCUT2D eigenvalue weighted by atomic mass is 16.6. The van der Waals surface area contributed by atoms with Gasteiger partial charge in [-0.25, -0.2) is 4.99 Å². The predicted octanol–water partition coefficient (Wildman–Crippen LogP) is 3.88. The number of aliphatic imine (C=N–C) groups is 1. The molecule has 1 aromatic carbocycles. The summed E-state index contributed by atoms with van der Waals surface area (Å²) in [5.41, 5.74) is 14.2. The van der Waals surface area contributed by atoms with E-state index in [1.807, 2.05) is 28.7 Å². The van der Waals surface area contributed by atoms with E-state index in [-0.39, 0.29) is 5.41 Å². The van der Waals surface area contributed by atoms with Crippen molar-refractivity contribution in [1.29, 1.82) is 0 Å². The number of nitrogen functional groups attached to an aromatic ring is 1. The maximum absolute atomic E-state index is 5.73. The van der Waals surface area contributed by atoms with Crippen LogP contribution in [0, 0.1) is 19.3 Å². The summed E-state index contributed by atoms with van der Waals surface area (Å²) in [6.45, 7) is 13.8. The summed E-state index contributed by atoms with van der Waals surface area (Å²) >= 11 is 0. The lowest BCUT2D eigenvalue weighted by Crippen LogP contribution is -2.24. The number of rotatable bonds is 6. The molecular formula is C26H35N7O. The van der Waals surface area contributed by atoms with Crippen LogP contribution in [0.4, 0.5) is 5.82 Å². The molecular weight excluding hydrogens is 426 g/mol. The van der Waals surface area contributed by atoms with Gasteiger partial charge in [-0.3, -0.25) is 9.36 Å². The van der Waals surface area contributed by atoms with Gasteiger partial charge in [-0.15, -0.1) is 0 Å². The number of aryl methyl sites for hydroxylation is 4. The zero-order valence-electron chi connectivity index (χ0n) is 20.9. The summed E-state index contributed by atoms with van der Waals surface area (Å²) in [7, 11) is 1.97. The van der Waals surface area contributed by atoms with Gasteiger partial charge in [-0.1, -0.05) is 20.4 Å².